The summed E-state index contributed by atoms with van der Waals surface area (Å²) in [7, 11) is 0. The molecular formula is C14H19NOS. The second-order valence-electron chi connectivity index (χ2n) is 4.55. The maximum absolute atomic E-state index is 12.1. The van der Waals surface area contributed by atoms with Gasteiger partial charge < -0.3 is 4.90 Å². The number of thiol groups is 1. The van der Waals surface area contributed by atoms with Gasteiger partial charge in [-0.05, 0) is 25.0 Å². The summed E-state index contributed by atoms with van der Waals surface area (Å²) < 4.78 is 0. The lowest BCUT2D eigenvalue weighted by Crippen LogP contribution is -2.42. The fraction of sp³-hybridized carbons (Fsp3) is 0.500. The lowest BCUT2D eigenvalue weighted by Gasteiger charge is -2.34. The van der Waals surface area contributed by atoms with Gasteiger partial charge >= 0.3 is 0 Å². The van der Waals surface area contributed by atoms with Crippen LogP contribution in [0.3, 0.4) is 0 Å². The SMILES string of the molecule is O=C(CS)N(c1ccccc1)C1CCCCC1. The number of benzene rings is 1. The van der Waals surface area contributed by atoms with E-state index in [0.29, 0.717) is 6.04 Å². The van der Waals surface area contributed by atoms with Gasteiger partial charge in [-0.3, -0.25) is 4.79 Å². The molecule has 0 bridgehead atoms. The van der Waals surface area contributed by atoms with Crippen molar-refractivity contribution < 1.29 is 4.79 Å². The van der Waals surface area contributed by atoms with Crippen LogP contribution in [0.2, 0.25) is 0 Å². The van der Waals surface area contributed by atoms with Crippen LogP contribution in [0.4, 0.5) is 5.69 Å². The topological polar surface area (TPSA) is 20.3 Å². The molecule has 17 heavy (non-hydrogen) atoms. The molecule has 0 N–H and O–H groups in total. The quantitative estimate of drug-likeness (QED) is 0.815. The van der Waals surface area contributed by atoms with E-state index in [1.165, 1.54) is 19.3 Å². The standard InChI is InChI=1S/C14H19NOS/c16-14(11-17)15(12-7-3-1-4-8-12)13-9-5-2-6-10-13/h1,3-4,7-8,13,17H,2,5-6,9-11H2. The van der Waals surface area contributed by atoms with Crippen LogP contribution in [0.15, 0.2) is 30.3 Å². The van der Waals surface area contributed by atoms with Gasteiger partial charge in [0.05, 0.1) is 5.75 Å². The van der Waals surface area contributed by atoms with E-state index in [9.17, 15) is 4.79 Å². The van der Waals surface area contributed by atoms with Crippen LogP contribution in [0.5, 0.6) is 0 Å². The van der Waals surface area contributed by atoms with Gasteiger partial charge in [0.25, 0.3) is 0 Å². The van der Waals surface area contributed by atoms with Crippen molar-refractivity contribution in [2.45, 2.75) is 38.1 Å². The van der Waals surface area contributed by atoms with E-state index in [1.54, 1.807) is 0 Å². The number of nitrogens with zero attached hydrogens (tertiary/aromatic N) is 1. The molecule has 1 aromatic rings. The number of hydrogen-bond donors (Lipinski definition) is 1. The Kier molecular flexibility index (Phi) is 4.49. The zero-order chi connectivity index (χ0) is 12.1. The Hall–Kier alpha value is -0.960. The van der Waals surface area contributed by atoms with Crippen LogP contribution in [0.25, 0.3) is 0 Å². The minimum absolute atomic E-state index is 0.117. The summed E-state index contributed by atoms with van der Waals surface area (Å²) in [5.41, 5.74) is 1.01. The highest BCUT2D eigenvalue weighted by Crippen LogP contribution is 2.27. The van der Waals surface area contributed by atoms with Gasteiger partial charge in [0, 0.05) is 11.7 Å². The highest BCUT2D eigenvalue weighted by atomic mass is 32.1. The zero-order valence-electron chi connectivity index (χ0n) is 10.0. The van der Waals surface area contributed by atoms with Crippen LogP contribution in [0.1, 0.15) is 32.1 Å². The zero-order valence-corrected chi connectivity index (χ0v) is 10.9. The molecular weight excluding hydrogens is 230 g/mol. The molecule has 92 valence electrons. The maximum Gasteiger partial charge on any atom is 0.236 e. The second-order valence-corrected chi connectivity index (χ2v) is 4.87. The fourth-order valence-electron chi connectivity index (χ4n) is 2.56. The number of anilines is 1. The second kappa shape index (κ2) is 6.10. The predicted molar refractivity (Wildman–Crippen MR) is 74.7 cm³/mol. The molecule has 1 fully saturated rings. The molecule has 0 spiro atoms. The van der Waals surface area contributed by atoms with E-state index in [1.807, 2.05) is 35.2 Å². The number of para-hydroxylation sites is 1. The van der Waals surface area contributed by atoms with Gasteiger partial charge in [-0.15, -0.1) is 0 Å². The van der Waals surface area contributed by atoms with Crippen LogP contribution in [-0.4, -0.2) is 17.7 Å². The first-order valence-corrected chi connectivity index (χ1v) is 6.94. The van der Waals surface area contributed by atoms with Gasteiger partial charge in [-0.25, -0.2) is 0 Å². The summed E-state index contributed by atoms with van der Waals surface area (Å²) in [6, 6.07) is 10.3. The van der Waals surface area contributed by atoms with E-state index in [2.05, 4.69) is 12.6 Å². The van der Waals surface area contributed by atoms with Crippen molar-refractivity contribution in [2.24, 2.45) is 0 Å². The summed E-state index contributed by atoms with van der Waals surface area (Å²) in [6.45, 7) is 0. The van der Waals surface area contributed by atoms with E-state index in [4.69, 9.17) is 0 Å². The number of carbonyl (C=O) groups is 1. The molecule has 1 aliphatic rings. The third-order valence-electron chi connectivity index (χ3n) is 3.38. The maximum atomic E-state index is 12.1. The third kappa shape index (κ3) is 3.03. The Morgan fingerprint density at radius 2 is 1.82 bits per heavy atom. The predicted octanol–water partition coefficient (Wildman–Crippen LogP) is 3.28. The van der Waals surface area contributed by atoms with Gasteiger partial charge in [-0.2, -0.15) is 12.6 Å². The monoisotopic (exact) mass is 249 g/mol. The molecule has 0 unspecified atom stereocenters. The molecule has 1 saturated carbocycles. The molecule has 2 nitrogen and oxygen atoms in total. The van der Waals surface area contributed by atoms with Gasteiger partial charge in [0.1, 0.15) is 0 Å². The van der Waals surface area contributed by atoms with Gasteiger partial charge in [0.2, 0.25) is 5.91 Å². The van der Waals surface area contributed by atoms with Gasteiger partial charge in [-0.1, -0.05) is 37.5 Å². The molecule has 0 aliphatic heterocycles. The average Bonchev–Trinajstić information content (AvgIpc) is 2.41. The van der Waals surface area contributed by atoms with Gasteiger partial charge in [0.15, 0.2) is 0 Å². The Bertz CT molecular complexity index is 360. The van der Waals surface area contributed by atoms with Crippen molar-refractivity contribution in [1.82, 2.24) is 0 Å². The average molecular weight is 249 g/mol. The first kappa shape index (κ1) is 12.5. The molecule has 0 aromatic heterocycles. The number of hydrogen-bond acceptors (Lipinski definition) is 2. The van der Waals surface area contributed by atoms with E-state index < -0.39 is 0 Å². The molecule has 0 heterocycles. The molecule has 0 atom stereocenters. The molecule has 2 rings (SSSR count). The first-order chi connectivity index (χ1) is 8.33. The van der Waals surface area contributed by atoms with E-state index in [-0.39, 0.29) is 11.7 Å². The molecule has 1 aliphatic carbocycles. The fourth-order valence-corrected chi connectivity index (χ4v) is 2.71. The largest absolute Gasteiger partial charge is 0.309 e. The Morgan fingerprint density at radius 1 is 1.18 bits per heavy atom. The Morgan fingerprint density at radius 3 is 2.41 bits per heavy atom. The normalized spacial score (nSPS) is 16.8. The molecule has 1 aromatic carbocycles. The number of rotatable bonds is 3. The number of carbonyl (C=O) groups excluding carboxylic acids is 1. The minimum atomic E-state index is 0.117. The van der Waals surface area contributed by atoms with E-state index >= 15 is 0 Å². The summed E-state index contributed by atoms with van der Waals surface area (Å²) in [6.07, 6.45) is 6.00. The Labute approximate surface area is 108 Å². The molecule has 0 saturated heterocycles. The first-order valence-electron chi connectivity index (χ1n) is 6.31. The van der Waals surface area contributed by atoms with Crippen LogP contribution in [0, 0.1) is 0 Å². The van der Waals surface area contributed by atoms with Crippen LogP contribution in [-0.2, 0) is 4.79 Å². The van der Waals surface area contributed by atoms with Crippen molar-refractivity contribution in [3.63, 3.8) is 0 Å². The molecule has 3 heteroatoms. The van der Waals surface area contributed by atoms with E-state index in [0.717, 1.165) is 18.5 Å². The molecule has 1 amide bonds. The van der Waals surface area contributed by atoms with Crippen molar-refractivity contribution in [3.05, 3.63) is 30.3 Å². The summed E-state index contributed by atoms with van der Waals surface area (Å²) in [4.78, 5) is 14.0. The lowest BCUT2D eigenvalue weighted by atomic mass is 9.93. The highest BCUT2D eigenvalue weighted by Gasteiger charge is 2.25. The smallest absolute Gasteiger partial charge is 0.236 e. The third-order valence-corrected chi connectivity index (χ3v) is 3.65. The van der Waals surface area contributed by atoms with Crippen LogP contribution < -0.4 is 4.90 Å². The number of amides is 1. The van der Waals surface area contributed by atoms with Crippen molar-refractivity contribution in [1.29, 1.82) is 0 Å². The highest BCUT2D eigenvalue weighted by molar-refractivity contribution is 7.81. The van der Waals surface area contributed by atoms with Crippen molar-refractivity contribution in [3.8, 4) is 0 Å². The van der Waals surface area contributed by atoms with Crippen molar-refractivity contribution >= 4 is 24.2 Å². The summed E-state index contributed by atoms with van der Waals surface area (Å²) in [5.74, 6) is 0.400. The summed E-state index contributed by atoms with van der Waals surface area (Å²) >= 11 is 4.13. The lowest BCUT2D eigenvalue weighted by molar-refractivity contribution is -0.116. The minimum Gasteiger partial charge on any atom is -0.309 e. The Balaban J connectivity index is 2.21. The van der Waals surface area contributed by atoms with Crippen molar-refractivity contribution in [2.75, 3.05) is 10.7 Å². The molecule has 0 radical (unpaired) electrons. The summed E-state index contributed by atoms with van der Waals surface area (Å²) in [5, 5.41) is 0. The van der Waals surface area contributed by atoms with Crippen LogP contribution >= 0.6 is 12.6 Å².